The Kier molecular flexibility index (Phi) is 18.0. The molecule has 0 aliphatic heterocycles. The summed E-state index contributed by atoms with van der Waals surface area (Å²) in [4.78, 5) is 61.0. The van der Waals surface area contributed by atoms with Gasteiger partial charge in [-0.1, -0.05) is 0 Å². The topological polar surface area (TPSA) is 264 Å². The minimum atomic E-state index is -2.74. The van der Waals surface area contributed by atoms with Crippen LogP contribution in [0.2, 0.25) is 0 Å². The van der Waals surface area contributed by atoms with Crippen LogP contribution in [0, 0.1) is 0 Å². The number of carboxylic acid groups (broad SMARTS) is 6. The number of hydrogen-bond donors (Lipinski definition) is 8. The van der Waals surface area contributed by atoms with E-state index in [1.54, 1.807) is 0 Å². The van der Waals surface area contributed by atoms with Crippen LogP contribution in [0.3, 0.4) is 0 Å². The molecule has 16 heteroatoms. The van der Waals surface area contributed by atoms with Gasteiger partial charge in [-0.15, -0.1) is 0 Å². The molecule has 0 aliphatic carbocycles. The maximum absolute atomic E-state index is 10.3. The molecule has 150 valence electrons. The molecule has 0 heterocycles. The van der Waals surface area contributed by atoms with E-state index < -0.39 is 72.7 Å². The van der Waals surface area contributed by atoms with Gasteiger partial charge < -0.3 is 40.9 Å². The quantitative estimate of drug-likeness (QED) is 0.158. The van der Waals surface area contributed by atoms with Crippen molar-refractivity contribution in [3.63, 3.8) is 0 Å². The first-order chi connectivity index (χ1) is 11.6. The summed E-state index contributed by atoms with van der Waals surface area (Å²) in [6, 6.07) is 0. The van der Waals surface area contributed by atoms with Gasteiger partial charge in [0.05, 0.1) is 25.7 Å². The third kappa shape index (κ3) is 14.8. The zero-order valence-electron chi connectivity index (χ0n) is 14.9. The van der Waals surface area contributed by atoms with Crippen molar-refractivity contribution in [2.24, 2.45) is 0 Å². The second-order valence-corrected chi connectivity index (χ2v) is 4.96. The van der Waals surface area contributed by atoms with E-state index in [0.717, 1.165) is 0 Å². The van der Waals surface area contributed by atoms with E-state index in [9.17, 15) is 28.8 Å². The Morgan fingerprint density at radius 1 is 0.464 bits per heavy atom. The SMILES string of the molecule is O=C(O)CC(O)(CC(=O)O)C(=O)O.O=C(O)CC(O)(CC(=O)O)C(=O)O.[Na].[Na]. The number of rotatable bonds is 10. The predicted octanol–water partition coefficient (Wildman–Crippen LogP) is -3.26. The van der Waals surface area contributed by atoms with Crippen molar-refractivity contribution in [2.75, 3.05) is 0 Å². The van der Waals surface area contributed by atoms with E-state index in [1.165, 1.54) is 0 Å². The van der Waals surface area contributed by atoms with E-state index in [0.29, 0.717) is 0 Å². The molecule has 0 aromatic rings. The van der Waals surface area contributed by atoms with Gasteiger partial charge in [-0.05, 0) is 0 Å². The summed E-state index contributed by atoms with van der Waals surface area (Å²) in [7, 11) is 0. The molecule has 0 saturated carbocycles. The van der Waals surface area contributed by atoms with Crippen LogP contribution in [0.1, 0.15) is 25.7 Å². The van der Waals surface area contributed by atoms with Gasteiger partial charge in [-0.25, -0.2) is 9.59 Å². The fourth-order valence-electron chi connectivity index (χ4n) is 1.43. The normalized spacial score (nSPS) is 10.1. The van der Waals surface area contributed by atoms with Crippen molar-refractivity contribution >= 4 is 94.9 Å². The molecule has 0 atom stereocenters. The van der Waals surface area contributed by atoms with Crippen LogP contribution >= 0.6 is 0 Å². The Balaban J connectivity index is -0.000000192. The molecule has 2 radical (unpaired) electrons. The Labute approximate surface area is 200 Å². The van der Waals surface area contributed by atoms with Crippen molar-refractivity contribution in [3.8, 4) is 0 Å². The number of carboxylic acids is 6. The van der Waals surface area contributed by atoms with Crippen LogP contribution in [0.25, 0.3) is 0 Å². The third-order valence-electron chi connectivity index (χ3n) is 2.57. The van der Waals surface area contributed by atoms with Crippen molar-refractivity contribution in [2.45, 2.75) is 36.9 Å². The summed E-state index contributed by atoms with van der Waals surface area (Å²) in [6.45, 7) is 0. The average Bonchev–Trinajstić information content (AvgIpc) is 2.34. The molecule has 0 aliphatic rings. The smallest absolute Gasteiger partial charge is 0.336 e. The number of aliphatic hydroxyl groups is 2. The molecule has 0 unspecified atom stereocenters. The van der Waals surface area contributed by atoms with Crippen molar-refractivity contribution in [1.82, 2.24) is 0 Å². The Morgan fingerprint density at radius 3 is 0.679 bits per heavy atom. The average molecular weight is 430 g/mol. The van der Waals surface area contributed by atoms with E-state index in [4.69, 9.17) is 40.9 Å². The van der Waals surface area contributed by atoms with Crippen LogP contribution in [-0.4, -0.2) is 147 Å². The van der Waals surface area contributed by atoms with E-state index in [2.05, 4.69) is 0 Å². The fraction of sp³-hybridized carbons (Fsp3) is 0.500. The monoisotopic (exact) mass is 430 g/mol. The summed E-state index contributed by atoms with van der Waals surface area (Å²) in [5.41, 5.74) is -5.48. The molecule has 0 aromatic heterocycles. The van der Waals surface area contributed by atoms with Crippen LogP contribution in [-0.2, 0) is 28.8 Å². The van der Waals surface area contributed by atoms with Gasteiger partial charge in [-0.2, -0.15) is 0 Å². The molecule has 28 heavy (non-hydrogen) atoms. The maximum Gasteiger partial charge on any atom is 0.336 e. The number of hydrogen-bond acceptors (Lipinski definition) is 8. The molecule has 0 bridgehead atoms. The molecule has 0 rings (SSSR count). The first-order valence-electron chi connectivity index (χ1n) is 6.34. The molecule has 0 spiro atoms. The van der Waals surface area contributed by atoms with Crippen LogP contribution in [0.4, 0.5) is 0 Å². The van der Waals surface area contributed by atoms with Crippen LogP contribution in [0.15, 0.2) is 0 Å². The molecule has 0 amide bonds. The van der Waals surface area contributed by atoms with E-state index in [-0.39, 0.29) is 59.1 Å². The predicted molar refractivity (Wildman–Crippen MR) is 85.7 cm³/mol. The van der Waals surface area contributed by atoms with Gasteiger partial charge in [0, 0.05) is 59.1 Å². The summed E-state index contributed by atoms with van der Waals surface area (Å²) in [5.74, 6) is -10.0. The standard InChI is InChI=1S/2C6H8O7.2Na/c2*7-3(8)1-6(13,5(11)12)2-4(9)10;;/h2*13H,1-2H2,(H,7,8)(H,9,10)(H,11,12);;. The second-order valence-electron chi connectivity index (χ2n) is 4.96. The summed E-state index contributed by atoms with van der Waals surface area (Å²) in [6.07, 6.45) is -4.58. The minimum absolute atomic E-state index is 0. The Hall–Kier alpha value is -1.26. The molecular formula is C12H16Na2O14. The van der Waals surface area contributed by atoms with Gasteiger partial charge in [0.15, 0.2) is 11.2 Å². The second kappa shape index (κ2) is 14.7. The largest absolute Gasteiger partial charge is 0.481 e. The van der Waals surface area contributed by atoms with Crippen molar-refractivity contribution in [1.29, 1.82) is 0 Å². The van der Waals surface area contributed by atoms with Crippen molar-refractivity contribution in [3.05, 3.63) is 0 Å². The first kappa shape index (κ1) is 34.3. The van der Waals surface area contributed by atoms with Crippen LogP contribution < -0.4 is 0 Å². The first-order valence-corrected chi connectivity index (χ1v) is 6.34. The summed E-state index contributed by atoms with van der Waals surface area (Å²) < 4.78 is 0. The number of carbonyl (C=O) groups is 6. The van der Waals surface area contributed by atoms with Gasteiger partial charge in [0.1, 0.15) is 0 Å². The fourth-order valence-corrected chi connectivity index (χ4v) is 1.43. The van der Waals surface area contributed by atoms with Crippen molar-refractivity contribution < 1.29 is 69.6 Å². The molecule has 0 saturated heterocycles. The van der Waals surface area contributed by atoms with E-state index >= 15 is 0 Å². The van der Waals surface area contributed by atoms with Crippen LogP contribution in [0.5, 0.6) is 0 Å². The Bertz CT molecular complexity index is 517. The van der Waals surface area contributed by atoms with Gasteiger partial charge in [0.25, 0.3) is 0 Å². The van der Waals surface area contributed by atoms with Gasteiger partial charge in [0.2, 0.25) is 0 Å². The summed E-state index contributed by atoms with van der Waals surface area (Å²) in [5, 5.41) is 67.6. The molecule has 0 fully saturated rings. The Morgan fingerprint density at radius 2 is 0.607 bits per heavy atom. The maximum atomic E-state index is 10.3. The van der Waals surface area contributed by atoms with Gasteiger partial charge in [-0.3, -0.25) is 19.2 Å². The molecule has 8 N–H and O–H groups in total. The molecule has 14 nitrogen and oxygen atoms in total. The summed E-state index contributed by atoms with van der Waals surface area (Å²) >= 11 is 0. The zero-order chi connectivity index (χ0) is 21.3. The third-order valence-corrected chi connectivity index (χ3v) is 2.57. The number of aliphatic carboxylic acids is 6. The molecule has 0 aromatic carbocycles. The van der Waals surface area contributed by atoms with E-state index in [1.807, 2.05) is 0 Å². The molecular weight excluding hydrogens is 414 g/mol. The zero-order valence-corrected chi connectivity index (χ0v) is 18.9. The minimum Gasteiger partial charge on any atom is -0.481 e. The van der Waals surface area contributed by atoms with Gasteiger partial charge >= 0.3 is 35.8 Å².